The van der Waals surface area contributed by atoms with E-state index in [1.807, 2.05) is 10.6 Å². The quantitative estimate of drug-likeness (QED) is 0.411. The summed E-state index contributed by atoms with van der Waals surface area (Å²) in [6.45, 7) is 1.06. The second-order valence-corrected chi connectivity index (χ2v) is 8.90. The van der Waals surface area contributed by atoms with Crippen molar-refractivity contribution in [2.24, 2.45) is 5.92 Å². The number of ether oxygens (including phenoxy) is 1. The second-order valence-electron chi connectivity index (χ2n) is 8.06. The molecule has 31 heavy (non-hydrogen) atoms. The van der Waals surface area contributed by atoms with E-state index in [0.29, 0.717) is 41.9 Å². The van der Waals surface area contributed by atoms with Crippen LogP contribution < -0.4 is 4.90 Å². The first-order valence-corrected chi connectivity index (χ1v) is 10.9. The molecule has 4 nitrogen and oxygen atoms in total. The van der Waals surface area contributed by atoms with Crippen LogP contribution >= 0.6 is 23.2 Å². The lowest BCUT2D eigenvalue weighted by Gasteiger charge is -2.31. The van der Waals surface area contributed by atoms with Crippen molar-refractivity contribution in [3.63, 3.8) is 0 Å². The highest BCUT2D eigenvalue weighted by atomic mass is 35.5. The highest BCUT2D eigenvalue weighted by Crippen LogP contribution is 2.47. The molecular formula is C22H20Cl2F3N3O. The molecule has 1 aliphatic heterocycles. The van der Waals surface area contributed by atoms with Gasteiger partial charge in [-0.15, -0.1) is 0 Å². The second kappa shape index (κ2) is 7.57. The number of hydrogen-bond donors (Lipinski definition) is 0. The minimum Gasteiger partial charge on any atom is -0.376 e. The molecule has 164 valence electrons. The molecule has 3 aromatic rings. The van der Waals surface area contributed by atoms with E-state index >= 15 is 0 Å². The molecule has 0 N–H and O–H groups in total. The van der Waals surface area contributed by atoms with Gasteiger partial charge in [-0.25, -0.2) is 4.98 Å². The molecule has 2 aromatic carbocycles. The fraction of sp³-hybridized carbons (Fsp3) is 0.409. The molecule has 0 bridgehead atoms. The SMILES string of the molecule is COC(c1ccc(Cl)c2nc3n(c12)CCCN3c1ccc(Cl)cc1C(F)(F)F)C1CC1. The van der Waals surface area contributed by atoms with Gasteiger partial charge >= 0.3 is 6.18 Å². The van der Waals surface area contributed by atoms with Crippen molar-refractivity contribution in [2.75, 3.05) is 18.6 Å². The predicted octanol–water partition coefficient (Wildman–Crippen LogP) is 7.00. The van der Waals surface area contributed by atoms with Gasteiger partial charge in [0.1, 0.15) is 5.52 Å². The Morgan fingerprint density at radius 3 is 2.58 bits per heavy atom. The molecule has 1 aromatic heterocycles. The lowest BCUT2D eigenvalue weighted by Crippen LogP contribution is -2.30. The maximum absolute atomic E-state index is 13.8. The fourth-order valence-electron chi connectivity index (χ4n) is 4.53. The zero-order valence-corrected chi connectivity index (χ0v) is 18.2. The fourth-order valence-corrected chi connectivity index (χ4v) is 4.89. The number of anilines is 2. The van der Waals surface area contributed by atoms with E-state index in [2.05, 4.69) is 0 Å². The summed E-state index contributed by atoms with van der Waals surface area (Å²) in [5, 5.41) is 0.512. The lowest BCUT2D eigenvalue weighted by molar-refractivity contribution is -0.137. The van der Waals surface area contributed by atoms with Crippen LogP contribution in [0.5, 0.6) is 0 Å². The van der Waals surface area contributed by atoms with Crippen molar-refractivity contribution in [1.29, 1.82) is 0 Å². The first-order valence-electron chi connectivity index (χ1n) is 10.2. The third kappa shape index (κ3) is 3.56. The van der Waals surface area contributed by atoms with Gasteiger partial charge < -0.3 is 14.2 Å². The number of methoxy groups -OCH3 is 1. The molecule has 5 rings (SSSR count). The van der Waals surface area contributed by atoms with E-state index in [4.69, 9.17) is 32.9 Å². The molecule has 1 atom stereocenters. The van der Waals surface area contributed by atoms with E-state index < -0.39 is 11.7 Å². The van der Waals surface area contributed by atoms with E-state index in [1.54, 1.807) is 18.1 Å². The lowest BCUT2D eigenvalue weighted by atomic mass is 10.0. The number of rotatable bonds is 4. The van der Waals surface area contributed by atoms with Crippen LogP contribution in [0, 0.1) is 5.92 Å². The van der Waals surface area contributed by atoms with Crippen molar-refractivity contribution >= 4 is 45.9 Å². The number of imidazole rings is 1. The summed E-state index contributed by atoms with van der Waals surface area (Å²) in [6.07, 6.45) is -1.77. The summed E-state index contributed by atoms with van der Waals surface area (Å²) >= 11 is 12.4. The molecule has 9 heteroatoms. The molecule has 0 spiro atoms. The van der Waals surface area contributed by atoms with Gasteiger partial charge in [-0.2, -0.15) is 13.2 Å². The number of nitrogens with zero attached hydrogens (tertiary/aromatic N) is 3. The van der Waals surface area contributed by atoms with Gasteiger partial charge in [0.15, 0.2) is 0 Å². The van der Waals surface area contributed by atoms with E-state index in [-0.39, 0.29) is 16.8 Å². The Labute approximate surface area is 187 Å². The summed E-state index contributed by atoms with van der Waals surface area (Å²) in [7, 11) is 1.69. The van der Waals surface area contributed by atoms with E-state index in [9.17, 15) is 13.2 Å². The molecule has 2 aliphatic rings. The normalized spacial score (nSPS) is 17.8. The largest absolute Gasteiger partial charge is 0.418 e. The van der Waals surface area contributed by atoms with Crippen LogP contribution in [0.25, 0.3) is 11.0 Å². The van der Waals surface area contributed by atoms with Crippen LogP contribution in [0.4, 0.5) is 24.8 Å². The Morgan fingerprint density at radius 2 is 1.90 bits per heavy atom. The molecule has 2 heterocycles. The van der Waals surface area contributed by atoms with Gasteiger partial charge in [-0.1, -0.05) is 29.3 Å². The van der Waals surface area contributed by atoms with Crippen molar-refractivity contribution < 1.29 is 17.9 Å². The first kappa shape index (κ1) is 20.9. The summed E-state index contributed by atoms with van der Waals surface area (Å²) in [5.41, 5.74) is 1.67. The molecule has 1 unspecified atom stereocenters. The van der Waals surface area contributed by atoms with Crippen molar-refractivity contribution in [2.45, 2.75) is 38.1 Å². The van der Waals surface area contributed by atoms with Crippen molar-refractivity contribution in [3.8, 4) is 0 Å². The van der Waals surface area contributed by atoms with E-state index in [1.165, 1.54) is 12.1 Å². The number of alkyl halides is 3. The van der Waals surface area contributed by atoms with Gasteiger partial charge in [0, 0.05) is 30.8 Å². The smallest absolute Gasteiger partial charge is 0.376 e. The molecular weight excluding hydrogens is 450 g/mol. The van der Waals surface area contributed by atoms with Gasteiger partial charge in [-0.3, -0.25) is 0 Å². The van der Waals surface area contributed by atoms with Crippen LogP contribution in [0.15, 0.2) is 30.3 Å². The summed E-state index contributed by atoms with van der Waals surface area (Å²) < 4.78 is 49.1. The standard InChI is InChI=1S/C22H20Cl2F3N3O/c1-31-20(12-3-4-12)14-6-7-16(24)18-19(14)30-10-2-9-29(21(30)28-18)17-8-5-13(23)11-15(17)22(25,26)27/h5-8,11-12,20H,2-4,9-10H2,1H3. The monoisotopic (exact) mass is 469 g/mol. The minimum atomic E-state index is -4.54. The van der Waals surface area contributed by atoms with Gasteiger partial charge in [-0.05, 0) is 49.4 Å². The number of hydrogen-bond acceptors (Lipinski definition) is 3. The molecule has 0 amide bonds. The topological polar surface area (TPSA) is 30.3 Å². The maximum atomic E-state index is 13.8. The third-order valence-electron chi connectivity index (χ3n) is 6.03. The number of aromatic nitrogens is 2. The van der Waals surface area contributed by atoms with Crippen LogP contribution in [0.2, 0.25) is 10.0 Å². The Balaban J connectivity index is 1.71. The van der Waals surface area contributed by atoms with Crippen molar-refractivity contribution in [1.82, 2.24) is 9.55 Å². The molecule has 1 saturated carbocycles. The molecule has 0 radical (unpaired) electrons. The van der Waals surface area contributed by atoms with Crippen LogP contribution in [-0.2, 0) is 17.5 Å². The number of halogens is 5. The Morgan fingerprint density at radius 1 is 1.13 bits per heavy atom. The third-order valence-corrected chi connectivity index (χ3v) is 6.57. The van der Waals surface area contributed by atoms with Gasteiger partial charge in [0.2, 0.25) is 5.95 Å². The first-order chi connectivity index (χ1) is 14.8. The number of fused-ring (bicyclic) bond motifs is 3. The minimum absolute atomic E-state index is 0.0383. The Bertz CT molecular complexity index is 1160. The van der Waals surface area contributed by atoms with E-state index in [0.717, 1.165) is 30.0 Å². The van der Waals surface area contributed by atoms with Gasteiger partial charge in [0.25, 0.3) is 0 Å². The molecule has 0 saturated heterocycles. The van der Waals surface area contributed by atoms with Crippen LogP contribution in [0.3, 0.4) is 0 Å². The van der Waals surface area contributed by atoms with Crippen LogP contribution in [0.1, 0.15) is 36.5 Å². The average molecular weight is 470 g/mol. The Kier molecular flexibility index (Phi) is 5.11. The van der Waals surface area contributed by atoms with Crippen LogP contribution in [-0.4, -0.2) is 23.2 Å². The maximum Gasteiger partial charge on any atom is 0.418 e. The highest BCUT2D eigenvalue weighted by molar-refractivity contribution is 6.35. The van der Waals surface area contributed by atoms with Gasteiger partial charge in [0.05, 0.1) is 27.9 Å². The highest BCUT2D eigenvalue weighted by Gasteiger charge is 2.38. The summed E-state index contributed by atoms with van der Waals surface area (Å²) in [5.74, 6) is 0.891. The summed E-state index contributed by atoms with van der Waals surface area (Å²) in [6, 6.07) is 7.59. The summed E-state index contributed by atoms with van der Waals surface area (Å²) in [4.78, 5) is 6.33. The zero-order valence-electron chi connectivity index (χ0n) is 16.7. The average Bonchev–Trinajstić information content (AvgIpc) is 3.48. The number of benzene rings is 2. The Hall–Kier alpha value is -1.96. The van der Waals surface area contributed by atoms with Crippen molar-refractivity contribution in [3.05, 3.63) is 51.5 Å². The number of aryl methyl sites for hydroxylation is 1. The predicted molar refractivity (Wildman–Crippen MR) is 115 cm³/mol. The molecule has 1 aliphatic carbocycles. The molecule has 1 fully saturated rings. The zero-order chi connectivity index (χ0) is 21.9.